The fraction of sp³-hybridized carbons (Fsp3) is 0.476. The molecule has 0 radical (unpaired) electrons. The van der Waals surface area contributed by atoms with E-state index >= 15 is 0 Å². The van der Waals surface area contributed by atoms with Crippen LogP contribution in [0.15, 0.2) is 28.9 Å². The van der Waals surface area contributed by atoms with Crippen molar-refractivity contribution in [2.75, 3.05) is 0 Å². The monoisotopic (exact) mass is 414 g/mol. The molecule has 160 valence electrons. The van der Waals surface area contributed by atoms with E-state index in [1.54, 1.807) is 6.20 Å². The van der Waals surface area contributed by atoms with Crippen LogP contribution in [0.2, 0.25) is 0 Å². The van der Waals surface area contributed by atoms with Gasteiger partial charge in [0.05, 0.1) is 6.42 Å². The maximum atomic E-state index is 12.6. The van der Waals surface area contributed by atoms with Crippen molar-refractivity contribution < 1.29 is 24.0 Å². The molecule has 30 heavy (non-hydrogen) atoms. The largest absolute Gasteiger partial charge is 0.483 e. The molecule has 0 spiro atoms. The van der Waals surface area contributed by atoms with Gasteiger partial charge in [0.25, 0.3) is 12.4 Å². The molecule has 2 aliphatic rings. The Balaban J connectivity index is 0.000000806. The number of hydrogen-bond acceptors (Lipinski definition) is 6. The maximum Gasteiger partial charge on any atom is 0.290 e. The summed E-state index contributed by atoms with van der Waals surface area (Å²) in [6.07, 6.45) is 8.33. The molecule has 1 atom stereocenters. The van der Waals surface area contributed by atoms with Crippen molar-refractivity contribution in [1.82, 2.24) is 20.8 Å². The van der Waals surface area contributed by atoms with Crippen LogP contribution in [0.4, 0.5) is 0 Å². The first-order chi connectivity index (χ1) is 14.6. The predicted molar refractivity (Wildman–Crippen MR) is 107 cm³/mol. The van der Waals surface area contributed by atoms with E-state index in [-0.39, 0.29) is 36.8 Å². The third-order valence-electron chi connectivity index (χ3n) is 5.38. The highest BCUT2D eigenvalue weighted by Gasteiger charge is 2.30. The summed E-state index contributed by atoms with van der Waals surface area (Å²) in [5, 5.41) is 17.0. The second-order valence-corrected chi connectivity index (χ2v) is 7.50. The molecule has 9 nitrogen and oxygen atoms in total. The van der Waals surface area contributed by atoms with Crippen molar-refractivity contribution in [2.45, 2.75) is 63.5 Å². The minimum absolute atomic E-state index is 0.0221. The van der Waals surface area contributed by atoms with Crippen LogP contribution < -0.4 is 10.6 Å². The Kier molecular flexibility index (Phi) is 7.53. The summed E-state index contributed by atoms with van der Waals surface area (Å²) in [5.74, 6) is 0.546. The van der Waals surface area contributed by atoms with E-state index < -0.39 is 0 Å². The maximum absolute atomic E-state index is 12.6. The number of hydrogen-bond donors (Lipinski definition) is 3. The number of aryl methyl sites for hydroxylation is 1. The van der Waals surface area contributed by atoms with Gasteiger partial charge in [-0.2, -0.15) is 0 Å². The van der Waals surface area contributed by atoms with Gasteiger partial charge in [0.2, 0.25) is 5.91 Å². The molecule has 2 aliphatic carbocycles. The molecule has 1 saturated carbocycles. The fourth-order valence-corrected chi connectivity index (χ4v) is 3.98. The number of pyridine rings is 1. The Morgan fingerprint density at radius 3 is 2.63 bits per heavy atom. The van der Waals surface area contributed by atoms with Crippen molar-refractivity contribution in [3.63, 3.8) is 0 Å². The second-order valence-electron chi connectivity index (χ2n) is 7.50. The predicted octanol–water partition coefficient (Wildman–Crippen LogP) is 1.66. The zero-order chi connectivity index (χ0) is 21.3. The van der Waals surface area contributed by atoms with Gasteiger partial charge in [0, 0.05) is 36.0 Å². The Morgan fingerprint density at radius 2 is 1.93 bits per heavy atom. The van der Waals surface area contributed by atoms with Crippen LogP contribution in [0.3, 0.4) is 0 Å². The lowest BCUT2D eigenvalue weighted by Gasteiger charge is -2.22. The number of carbonyl (C=O) groups is 3. The number of nitrogens with one attached hydrogen (secondary N) is 2. The average molecular weight is 414 g/mol. The van der Waals surface area contributed by atoms with E-state index in [4.69, 9.17) is 14.4 Å². The number of aromatic nitrogens is 2. The molecule has 2 heterocycles. The minimum Gasteiger partial charge on any atom is -0.483 e. The number of fused-ring (bicyclic) bond motifs is 1. The van der Waals surface area contributed by atoms with Gasteiger partial charge in [0.15, 0.2) is 5.69 Å². The first kappa shape index (κ1) is 21.5. The van der Waals surface area contributed by atoms with E-state index in [0.29, 0.717) is 18.5 Å². The van der Waals surface area contributed by atoms with Gasteiger partial charge in [-0.3, -0.25) is 19.4 Å². The van der Waals surface area contributed by atoms with E-state index in [1.807, 2.05) is 18.2 Å². The zero-order valence-corrected chi connectivity index (χ0v) is 16.7. The van der Waals surface area contributed by atoms with Crippen molar-refractivity contribution in [1.29, 1.82) is 0 Å². The Hall–Kier alpha value is -3.23. The van der Waals surface area contributed by atoms with Gasteiger partial charge >= 0.3 is 0 Å². The van der Waals surface area contributed by atoms with Gasteiger partial charge in [-0.15, -0.1) is 0 Å². The van der Waals surface area contributed by atoms with Crippen LogP contribution in [0.1, 0.15) is 59.6 Å². The number of carboxylic acid groups (broad SMARTS) is 1. The standard InChI is InChI=1S/C20H24N4O3.CH2O2/c25-18(12-14-7-3-4-10-21-14)22-15-8-9-17-16(11-15)19(24-27-17)20(26)23-13-5-1-2-6-13;2-1-3/h3-4,7,10,13,15H,1-2,5-6,8-9,11-12H2,(H,22,25)(H,23,26);1H,(H,2,3). The SMILES string of the molecule is O=C(Cc1ccccn1)NC1CCc2onc(C(=O)NC3CCCC3)c2C1.O=CO. The molecule has 0 aromatic carbocycles. The highest BCUT2D eigenvalue weighted by atomic mass is 16.5. The first-order valence-electron chi connectivity index (χ1n) is 10.2. The van der Waals surface area contributed by atoms with Crippen molar-refractivity contribution in [3.8, 4) is 0 Å². The number of carbonyl (C=O) groups excluding carboxylic acids is 2. The summed E-state index contributed by atoms with van der Waals surface area (Å²) in [4.78, 5) is 37.4. The van der Waals surface area contributed by atoms with Crippen LogP contribution in [0.25, 0.3) is 0 Å². The average Bonchev–Trinajstić information content (AvgIpc) is 3.38. The molecular formula is C21H26N4O5. The summed E-state index contributed by atoms with van der Waals surface area (Å²) < 4.78 is 5.39. The lowest BCUT2D eigenvalue weighted by Crippen LogP contribution is -2.40. The topological polar surface area (TPSA) is 134 Å². The van der Waals surface area contributed by atoms with Crippen LogP contribution >= 0.6 is 0 Å². The number of rotatable bonds is 5. The Morgan fingerprint density at radius 1 is 1.17 bits per heavy atom. The van der Waals surface area contributed by atoms with Gasteiger partial charge in [-0.1, -0.05) is 24.1 Å². The molecule has 9 heteroatoms. The molecule has 1 unspecified atom stereocenters. The van der Waals surface area contributed by atoms with Crippen LogP contribution in [-0.4, -0.2) is 45.6 Å². The summed E-state index contributed by atoms with van der Waals surface area (Å²) in [5.41, 5.74) is 1.95. The molecule has 0 saturated heterocycles. The zero-order valence-electron chi connectivity index (χ0n) is 16.7. The number of amides is 2. The molecule has 2 aromatic heterocycles. The Bertz CT molecular complexity index is 862. The van der Waals surface area contributed by atoms with Crippen LogP contribution in [0.5, 0.6) is 0 Å². The summed E-state index contributed by atoms with van der Waals surface area (Å²) in [6, 6.07) is 5.75. The molecule has 0 aliphatic heterocycles. The van der Waals surface area contributed by atoms with E-state index in [1.165, 1.54) is 0 Å². The summed E-state index contributed by atoms with van der Waals surface area (Å²) >= 11 is 0. The van der Waals surface area contributed by atoms with Crippen molar-refractivity contribution in [2.24, 2.45) is 0 Å². The Labute approximate surface area is 174 Å². The minimum atomic E-state index is -0.250. The smallest absolute Gasteiger partial charge is 0.290 e. The molecule has 4 rings (SSSR count). The summed E-state index contributed by atoms with van der Waals surface area (Å²) in [7, 11) is 0. The molecule has 2 amide bonds. The fourth-order valence-electron chi connectivity index (χ4n) is 3.98. The van der Waals surface area contributed by atoms with Gasteiger partial charge < -0.3 is 20.3 Å². The molecule has 2 aromatic rings. The van der Waals surface area contributed by atoms with E-state index in [2.05, 4.69) is 20.8 Å². The number of nitrogens with zero attached hydrogens (tertiary/aromatic N) is 2. The normalized spacial score (nSPS) is 17.9. The van der Waals surface area contributed by atoms with Gasteiger partial charge in [-0.05, 0) is 37.8 Å². The quantitative estimate of drug-likeness (QED) is 0.633. The first-order valence-corrected chi connectivity index (χ1v) is 10.2. The molecule has 3 N–H and O–H groups in total. The van der Waals surface area contributed by atoms with E-state index in [9.17, 15) is 9.59 Å². The van der Waals surface area contributed by atoms with Gasteiger partial charge in [-0.25, -0.2) is 0 Å². The highest BCUT2D eigenvalue weighted by molar-refractivity contribution is 5.94. The molecular weight excluding hydrogens is 388 g/mol. The van der Waals surface area contributed by atoms with Crippen LogP contribution in [0, 0.1) is 0 Å². The third-order valence-corrected chi connectivity index (χ3v) is 5.38. The van der Waals surface area contributed by atoms with Crippen LogP contribution in [-0.2, 0) is 28.9 Å². The molecule has 0 bridgehead atoms. The lowest BCUT2D eigenvalue weighted by molar-refractivity contribution is -0.123. The third kappa shape index (κ3) is 5.65. The van der Waals surface area contributed by atoms with E-state index in [0.717, 1.165) is 49.1 Å². The van der Waals surface area contributed by atoms with Crippen molar-refractivity contribution in [3.05, 3.63) is 47.1 Å². The lowest BCUT2D eigenvalue weighted by atomic mass is 9.91. The summed E-state index contributed by atoms with van der Waals surface area (Å²) in [6.45, 7) is -0.250. The van der Waals surface area contributed by atoms with Crippen molar-refractivity contribution >= 4 is 18.3 Å². The highest BCUT2D eigenvalue weighted by Crippen LogP contribution is 2.25. The molecule has 1 fully saturated rings. The second kappa shape index (κ2) is 10.5. The van der Waals surface area contributed by atoms with Gasteiger partial charge in [0.1, 0.15) is 5.76 Å².